The molecule has 0 amide bonds. The van der Waals surface area contributed by atoms with E-state index in [1.165, 1.54) is 19.1 Å². The van der Waals surface area contributed by atoms with E-state index in [0.29, 0.717) is 0 Å². The summed E-state index contributed by atoms with van der Waals surface area (Å²) in [7, 11) is 0. The molecule has 0 fully saturated rings. The van der Waals surface area contributed by atoms with E-state index in [1.807, 2.05) is 0 Å². The molecule has 2 rings (SSSR count). The maximum Gasteiger partial charge on any atom is 0.418 e. The number of hydrogen-bond donors (Lipinski definition) is 1. The van der Waals surface area contributed by atoms with E-state index >= 15 is 0 Å². The quantitative estimate of drug-likeness (QED) is 0.904. The van der Waals surface area contributed by atoms with Gasteiger partial charge in [-0.3, -0.25) is 0 Å². The normalized spacial score (nSPS) is 11.7. The molecule has 9 heteroatoms. The van der Waals surface area contributed by atoms with Gasteiger partial charge in [-0.05, 0) is 25.1 Å². The van der Waals surface area contributed by atoms with E-state index < -0.39 is 23.5 Å². The summed E-state index contributed by atoms with van der Waals surface area (Å²) in [6.07, 6.45) is -4.60. The van der Waals surface area contributed by atoms with Gasteiger partial charge in [0, 0.05) is 4.47 Å². The number of alkyl halides is 3. The Morgan fingerprint density at radius 1 is 1.40 bits per heavy atom. The van der Waals surface area contributed by atoms with Gasteiger partial charge in [-0.15, -0.1) is 5.10 Å². The smallest absolute Gasteiger partial charge is 0.418 e. The van der Waals surface area contributed by atoms with Gasteiger partial charge >= 0.3 is 12.1 Å². The molecular weight excluding hydrogens is 343 g/mol. The summed E-state index contributed by atoms with van der Waals surface area (Å²) in [6, 6.07) is 3.50. The molecule has 1 N–H and O–H groups in total. The van der Waals surface area contributed by atoms with Crippen molar-refractivity contribution >= 4 is 21.9 Å². The van der Waals surface area contributed by atoms with E-state index in [9.17, 15) is 18.0 Å². The average molecular weight is 350 g/mol. The van der Waals surface area contributed by atoms with Crippen LogP contribution in [-0.2, 0) is 6.18 Å². The highest BCUT2D eigenvalue weighted by molar-refractivity contribution is 9.10. The van der Waals surface area contributed by atoms with Crippen molar-refractivity contribution in [2.45, 2.75) is 13.1 Å². The van der Waals surface area contributed by atoms with Gasteiger partial charge in [0.15, 0.2) is 0 Å². The number of rotatable bonds is 2. The van der Waals surface area contributed by atoms with Crippen LogP contribution < -0.4 is 0 Å². The fourth-order valence-electron chi connectivity index (χ4n) is 1.63. The zero-order chi connectivity index (χ0) is 15.1. The minimum atomic E-state index is -4.60. The third-order valence-electron chi connectivity index (χ3n) is 2.45. The fourth-order valence-corrected chi connectivity index (χ4v) is 1.99. The second kappa shape index (κ2) is 4.89. The number of aryl methyl sites for hydroxylation is 1. The number of hydrogen-bond acceptors (Lipinski definition) is 3. The third kappa shape index (κ3) is 2.67. The predicted octanol–water partition coefficient (Wildman–Crippen LogP) is 3.06. The second-order valence-corrected chi connectivity index (χ2v) is 4.77. The molecule has 0 aliphatic heterocycles. The van der Waals surface area contributed by atoms with E-state index in [2.05, 4.69) is 26.0 Å². The van der Waals surface area contributed by atoms with Crippen LogP contribution in [-0.4, -0.2) is 25.8 Å². The van der Waals surface area contributed by atoms with Gasteiger partial charge in [-0.25, -0.2) is 14.5 Å². The van der Waals surface area contributed by atoms with E-state index in [4.69, 9.17) is 5.11 Å². The van der Waals surface area contributed by atoms with Gasteiger partial charge in [-0.1, -0.05) is 15.9 Å². The Hall–Kier alpha value is -1.90. The lowest BCUT2D eigenvalue weighted by Gasteiger charge is -2.13. The molecule has 0 aliphatic carbocycles. The van der Waals surface area contributed by atoms with Crippen LogP contribution in [0, 0.1) is 6.92 Å². The molecule has 1 aromatic heterocycles. The van der Waals surface area contributed by atoms with E-state index in [1.54, 1.807) is 0 Å². The summed E-state index contributed by atoms with van der Waals surface area (Å²) < 4.78 is 40.2. The molecule has 1 aromatic carbocycles. The van der Waals surface area contributed by atoms with Gasteiger partial charge in [0.05, 0.1) is 11.3 Å². The molecule has 0 unspecified atom stereocenters. The zero-order valence-electron chi connectivity index (χ0n) is 9.94. The van der Waals surface area contributed by atoms with Gasteiger partial charge in [-0.2, -0.15) is 13.2 Å². The van der Waals surface area contributed by atoms with Crippen LogP contribution in [0.5, 0.6) is 0 Å². The first-order chi connectivity index (χ1) is 9.20. The van der Waals surface area contributed by atoms with Crippen molar-refractivity contribution < 1.29 is 23.1 Å². The lowest BCUT2D eigenvalue weighted by Crippen LogP contribution is -2.13. The van der Waals surface area contributed by atoms with Crippen LogP contribution in [0.2, 0.25) is 0 Å². The molecule has 0 aliphatic rings. The molecule has 0 spiro atoms. The zero-order valence-corrected chi connectivity index (χ0v) is 11.5. The topological polar surface area (TPSA) is 68.0 Å². The first-order valence-corrected chi connectivity index (χ1v) is 6.03. The summed E-state index contributed by atoms with van der Waals surface area (Å²) in [5.74, 6) is -1.91. The van der Waals surface area contributed by atoms with Gasteiger partial charge in [0.25, 0.3) is 5.82 Å². The van der Waals surface area contributed by atoms with Crippen molar-refractivity contribution in [1.82, 2.24) is 14.8 Å². The molecule has 0 atom stereocenters. The summed E-state index contributed by atoms with van der Waals surface area (Å²) in [5.41, 5.74) is -1.21. The van der Waals surface area contributed by atoms with Gasteiger partial charge in [0.1, 0.15) is 5.82 Å². The molecule has 106 valence electrons. The van der Waals surface area contributed by atoms with E-state index in [0.717, 1.165) is 10.7 Å². The van der Waals surface area contributed by atoms with E-state index in [-0.39, 0.29) is 16.0 Å². The first kappa shape index (κ1) is 14.5. The van der Waals surface area contributed by atoms with Crippen molar-refractivity contribution in [3.05, 3.63) is 39.9 Å². The van der Waals surface area contributed by atoms with Crippen molar-refractivity contribution in [1.29, 1.82) is 0 Å². The molecule has 0 radical (unpaired) electrons. The number of nitrogens with zero attached hydrogens (tertiary/aromatic N) is 3. The largest absolute Gasteiger partial charge is 0.475 e. The number of halogens is 4. The highest BCUT2D eigenvalue weighted by atomic mass is 79.9. The number of carboxylic acid groups (broad SMARTS) is 1. The van der Waals surface area contributed by atoms with Crippen LogP contribution in [0.15, 0.2) is 22.7 Å². The summed E-state index contributed by atoms with van der Waals surface area (Å²) in [4.78, 5) is 14.4. The molecule has 0 saturated heterocycles. The van der Waals surface area contributed by atoms with Crippen LogP contribution in [0.3, 0.4) is 0 Å². The van der Waals surface area contributed by atoms with Crippen molar-refractivity contribution in [2.24, 2.45) is 0 Å². The predicted molar refractivity (Wildman–Crippen MR) is 65.8 cm³/mol. The second-order valence-electron chi connectivity index (χ2n) is 3.86. The Morgan fingerprint density at radius 3 is 2.55 bits per heavy atom. The first-order valence-electron chi connectivity index (χ1n) is 5.24. The lowest BCUT2D eigenvalue weighted by molar-refractivity contribution is -0.137. The maximum atomic E-state index is 13.0. The number of aromatic carboxylic acids is 1. The summed E-state index contributed by atoms with van der Waals surface area (Å²) >= 11 is 2.97. The molecule has 20 heavy (non-hydrogen) atoms. The Kier molecular flexibility index (Phi) is 3.55. The Balaban J connectivity index is 2.67. The van der Waals surface area contributed by atoms with Gasteiger partial charge < -0.3 is 5.11 Å². The Labute approximate surface area is 119 Å². The molecule has 2 aromatic rings. The van der Waals surface area contributed by atoms with Crippen molar-refractivity contribution in [2.75, 3.05) is 0 Å². The monoisotopic (exact) mass is 349 g/mol. The molecule has 5 nitrogen and oxygen atoms in total. The number of carboxylic acids is 1. The molecular formula is C11H7BrF3N3O2. The molecule has 0 saturated carbocycles. The van der Waals surface area contributed by atoms with Crippen molar-refractivity contribution in [3.8, 4) is 5.69 Å². The van der Waals surface area contributed by atoms with Crippen LogP contribution in [0.1, 0.15) is 22.0 Å². The van der Waals surface area contributed by atoms with Gasteiger partial charge in [0.2, 0.25) is 0 Å². The molecule has 1 heterocycles. The third-order valence-corrected chi connectivity index (χ3v) is 2.95. The molecule has 0 bridgehead atoms. The Bertz CT molecular complexity index is 682. The fraction of sp³-hybridized carbons (Fsp3) is 0.182. The highest BCUT2D eigenvalue weighted by Gasteiger charge is 2.35. The summed E-state index contributed by atoms with van der Waals surface area (Å²) in [6.45, 7) is 1.38. The number of carbonyl (C=O) groups is 1. The maximum absolute atomic E-state index is 13.0. The van der Waals surface area contributed by atoms with Crippen LogP contribution >= 0.6 is 15.9 Å². The van der Waals surface area contributed by atoms with Crippen molar-refractivity contribution in [3.63, 3.8) is 0 Å². The minimum Gasteiger partial charge on any atom is -0.475 e. The van der Waals surface area contributed by atoms with Crippen LogP contribution in [0.4, 0.5) is 13.2 Å². The Morgan fingerprint density at radius 2 is 2.05 bits per heavy atom. The summed E-state index contributed by atoms with van der Waals surface area (Å²) in [5, 5.41) is 12.3. The highest BCUT2D eigenvalue weighted by Crippen LogP contribution is 2.35. The average Bonchev–Trinajstić information content (AvgIpc) is 2.70. The number of aromatic nitrogens is 3. The minimum absolute atomic E-state index is 0.0511. The number of benzene rings is 1. The van der Waals surface area contributed by atoms with Crippen LogP contribution in [0.25, 0.3) is 5.69 Å². The lowest BCUT2D eigenvalue weighted by atomic mass is 10.1. The standard InChI is InChI=1S/C11H7BrF3N3O2/c1-5-16-9(10(19)20)17-18(5)8-3-2-6(12)4-7(8)11(13,14)15/h2-4H,1H3,(H,19,20). The SMILES string of the molecule is Cc1nc(C(=O)O)nn1-c1ccc(Br)cc1C(F)(F)F.